The zero-order valence-electron chi connectivity index (χ0n) is 9.31. The zero-order valence-corrected chi connectivity index (χ0v) is 9.31. The summed E-state index contributed by atoms with van der Waals surface area (Å²) < 4.78 is 0. The average Bonchev–Trinajstić information content (AvgIpc) is 2.31. The van der Waals surface area contributed by atoms with Crippen LogP contribution in [0.2, 0.25) is 0 Å². The third-order valence-corrected chi connectivity index (χ3v) is 2.78. The van der Waals surface area contributed by atoms with Crippen molar-refractivity contribution >= 4 is 5.91 Å². The molecule has 0 heterocycles. The molecule has 3 heteroatoms. The molecule has 1 rings (SSSR count). The van der Waals surface area contributed by atoms with Crippen molar-refractivity contribution in [1.82, 2.24) is 5.32 Å². The molecule has 1 aliphatic rings. The lowest BCUT2D eigenvalue weighted by Gasteiger charge is -2.23. The molecule has 14 heavy (non-hydrogen) atoms. The summed E-state index contributed by atoms with van der Waals surface area (Å²) in [4.78, 5) is 11.6. The summed E-state index contributed by atoms with van der Waals surface area (Å²) in [5.41, 5.74) is 4.98. The van der Waals surface area contributed by atoms with E-state index >= 15 is 0 Å². The van der Waals surface area contributed by atoms with Gasteiger partial charge in [0.25, 0.3) is 0 Å². The van der Waals surface area contributed by atoms with Crippen molar-refractivity contribution in [2.45, 2.75) is 64.0 Å². The van der Waals surface area contributed by atoms with Gasteiger partial charge in [-0.15, -0.1) is 0 Å². The van der Waals surface area contributed by atoms with Gasteiger partial charge in [0.05, 0.1) is 5.54 Å². The molecule has 0 aromatic rings. The smallest absolute Gasteiger partial charge is 0.239 e. The van der Waals surface area contributed by atoms with Gasteiger partial charge in [0.2, 0.25) is 5.91 Å². The van der Waals surface area contributed by atoms with Gasteiger partial charge in [-0.1, -0.05) is 25.7 Å². The maximum atomic E-state index is 11.6. The number of nitrogens with two attached hydrogens (primary N) is 1. The van der Waals surface area contributed by atoms with Crippen LogP contribution in [0.3, 0.4) is 0 Å². The van der Waals surface area contributed by atoms with Gasteiger partial charge < -0.3 is 11.1 Å². The minimum atomic E-state index is -0.744. The minimum absolute atomic E-state index is 0.0237. The number of nitrogens with one attached hydrogen (secondary N) is 1. The second-order valence-electron chi connectivity index (χ2n) is 4.88. The lowest BCUT2D eigenvalue weighted by Crippen LogP contribution is -2.52. The molecule has 1 amide bonds. The van der Waals surface area contributed by atoms with Crippen molar-refractivity contribution < 1.29 is 4.79 Å². The Morgan fingerprint density at radius 1 is 1.21 bits per heavy atom. The SMILES string of the molecule is CC(C)(N)C(=O)NC1CCCCCC1. The Hall–Kier alpha value is -0.570. The van der Waals surface area contributed by atoms with Crippen LogP contribution >= 0.6 is 0 Å². The summed E-state index contributed by atoms with van der Waals surface area (Å²) in [5, 5.41) is 3.03. The first kappa shape index (κ1) is 11.5. The second-order valence-corrected chi connectivity index (χ2v) is 4.88. The fraction of sp³-hybridized carbons (Fsp3) is 0.909. The highest BCUT2D eigenvalue weighted by molar-refractivity contribution is 5.85. The molecule has 3 N–H and O–H groups in total. The lowest BCUT2D eigenvalue weighted by molar-refractivity contribution is -0.126. The van der Waals surface area contributed by atoms with Crippen LogP contribution in [0, 0.1) is 0 Å². The first-order valence-corrected chi connectivity index (χ1v) is 5.60. The van der Waals surface area contributed by atoms with Crippen molar-refractivity contribution in [2.24, 2.45) is 5.73 Å². The molecule has 0 bridgehead atoms. The van der Waals surface area contributed by atoms with Crippen molar-refractivity contribution in [3.8, 4) is 0 Å². The lowest BCUT2D eigenvalue weighted by atomic mass is 10.0. The van der Waals surface area contributed by atoms with Crippen LogP contribution in [0.25, 0.3) is 0 Å². The number of carbonyl (C=O) groups excluding carboxylic acids is 1. The highest BCUT2D eigenvalue weighted by Crippen LogP contribution is 2.17. The maximum Gasteiger partial charge on any atom is 0.239 e. The van der Waals surface area contributed by atoms with Crippen molar-refractivity contribution in [2.75, 3.05) is 0 Å². The predicted molar refractivity (Wildman–Crippen MR) is 57.9 cm³/mol. The number of hydrogen-bond acceptors (Lipinski definition) is 2. The normalized spacial score (nSPS) is 20.2. The van der Waals surface area contributed by atoms with E-state index in [2.05, 4.69) is 5.32 Å². The van der Waals surface area contributed by atoms with E-state index < -0.39 is 5.54 Å². The van der Waals surface area contributed by atoms with Crippen molar-refractivity contribution in [3.05, 3.63) is 0 Å². The number of amides is 1. The van der Waals surface area contributed by atoms with E-state index in [1.165, 1.54) is 25.7 Å². The van der Waals surface area contributed by atoms with Gasteiger partial charge >= 0.3 is 0 Å². The highest BCUT2D eigenvalue weighted by Gasteiger charge is 2.24. The minimum Gasteiger partial charge on any atom is -0.352 e. The molecule has 1 aliphatic carbocycles. The fourth-order valence-corrected chi connectivity index (χ4v) is 1.80. The Balaban J connectivity index is 2.38. The molecule has 3 nitrogen and oxygen atoms in total. The van der Waals surface area contributed by atoms with Crippen LogP contribution in [-0.2, 0) is 4.79 Å². The summed E-state index contributed by atoms with van der Waals surface area (Å²) in [7, 11) is 0. The molecule has 0 saturated heterocycles. The molecule has 0 aliphatic heterocycles. The molecule has 1 fully saturated rings. The van der Waals surface area contributed by atoms with Gasteiger partial charge in [-0.05, 0) is 26.7 Å². The van der Waals surface area contributed by atoms with E-state index in [4.69, 9.17) is 5.73 Å². The summed E-state index contributed by atoms with van der Waals surface area (Å²) in [6, 6.07) is 0.354. The monoisotopic (exact) mass is 198 g/mol. The summed E-state index contributed by atoms with van der Waals surface area (Å²) >= 11 is 0. The molecular weight excluding hydrogens is 176 g/mol. The van der Waals surface area contributed by atoms with Gasteiger partial charge in [-0.25, -0.2) is 0 Å². The van der Waals surface area contributed by atoms with E-state index in [-0.39, 0.29) is 5.91 Å². The van der Waals surface area contributed by atoms with E-state index in [1.54, 1.807) is 13.8 Å². The van der Waals surface area contributed by atoms with Crippen LogP contribution in [0.5, 0.6) is 0 Å². The number of rotatable bonds is 2. The fourth-order valence-electron chi connectivity index (χ4n) is 1.80. The summed E-state index contributed by atoms with van der Waals surface area (Å²) in [6.07, 6.45) is 7.30. The predicted octanol–water partition coefficient (Wildman–Crippen LogP) is 1.56. The Kier molecular flexibility index (Phi) is 3.93. The quantitative estimate of drug-likeness (QED) is 0.662. The summed E-state index contributed by atoms with van der Waals surface area (Å²) in [6.45, 7) is 3.50. The Morgan fingerprint density at radius 2 is 1.71 bits per heavy atom. The molecule has 82 valence electrons. The molecule has 0 aromatic carbocycles. The topological polar surface area (TPSA) is 55.1 Å². The first-order valence-electron chi connectivity index (χ1n) is 5.60. The van der Waals surface area contributed by atoms with Crippen LogP contribution < -0.4 is 11.1 Å². The van der Waals surface area contributed by atoms with Gasteiger partial charge in [0.15, 0.2) is 0 Å². The molecule has 0 unspecified atom stereocenters. The molecular formula is C11H22N2O. The Morgan fingerprint density at radius 3 is 2.14 bits per heavy atom. The first-order chi connectivity index (χ1) is 6.50. The highest BCUT2D eigenvalue weighted by atomic mass is 16.2. The van der Waals surface area contributed by atoms with Crippen molar-refractivity contribution in [1.29, 1.82) is 0 Å². The van der Waals surface area contributed by atoms with Gasteiger partial charge in [-0.3, -0.25) is 4.79 Å². The number of hydrogen-bond donors (Lipinski definition) is 2. The Bertz CT molecular complexity index is 188. The van der Waals surface area contributed by atoms with Crippen LogP contribution in [0.4, 0.5) is 0 Å². The molecule has 0 radical (unpaired) electrons. The number of carbonyl (C=O) groups is 1. The zero-order chi connectivity index (χ0) is 10.6. The molecule has 0 atom stereocenters. The summed E-state index contributed by atoms with van der Waals surface area (Å²) in [5.74, 6) is -0.0237. The van der Waals surface area contributed by atoms with E-state index in [0.29, 0.717) is 6.04 Å². The van der Waals surface area contributed by atoms with Crippen LogP contribution in [0.15, 0.2) is 0 Å². The van der Waals surface area contributed by atoms with Gasteiger partial charge in [0, 0.05) is 6.04 Å². The van der Waals surface area contributed by atoms with E-state index in [1.807, 2.05) is 0 Å². The van der Waals surface area contributed by atoms with E-state index in [9.17, 15) is 4.79 Å². The van der Waals surface area contributed by atoms with Crippen LogP contribution in [-0.4, -0.2) is 17.5 Å². The second kappa shape index (κ2) is 4.78. The Labute approximate surface area is 86.4 Å². The van der Waals surface area contributed by atoms with E-state index in [0.717, 1.165) is 12.8 Å². The standard InChI is InChI=1S/C11H22N2O/c1-11(2,12)10(14)13-9-7-5-3-4-6-8-9/h9H,3-8,12H2,1-2H3,(H,13,14). The van der Waals surface area contributed by atoms with Crippen LogP contribution in [0.1, 0.15) is 52.4 Å². The molecule has 1 saturated carbocycles. The average molecular weight is 198 g/mol. The maximum absolute atomic E-state index is 11.6. The van der Waals surface area contributed by atoms with Crippen molar-refractivity contribution in [3.63, 3.8) is 0 Å². The largest absolute Gasteiger partial charge is 0.352 e. The third kappa shape index (κ3) is 3.66. The van der Waals surface area contributed by atoms with Gasteiger partial charge in [-0.2, -0.15) is 0 Å². The van der Waals surface area contributed by atoms with Gasteiger partial charge in [0.1, 0.15) is 0 Å². The molecule has 0 aromatic heterocycles. The molecule has 0 spiro atoms. The third-order valence-electron chi connectivity index (χ3n) is 2.78.